The van der Waals surface area contributed by atoms with E-state index < -0.39 is 5.91 Å². The Morgan fingerprint density at radius 1 is 1.04 bits per heavy atom. The second-order valence-electron chi connectivity index (χ2n) is 12.7. The molecule has 0 unspecified atom stereocenters. The topological polar surface area (TPSA) is 151 Å². The van der Waals surface area contributed by atoms with Gasteiger partial charge < -0.3 is 30.0 Å². The monoisotopic (exact) mass is 673 g/mol. The molecule has 0 spiro atoms. The van der Waals surface area contributed by atoms with Gasteiger partial charge in [-0.3, -0.25) is 14.4 Å². The van der Waals surface area contributed by atoms with E-state index in [9.17, 15) is 24.8 Å². The summed E-state index contributed by atoms with van der Waals surface area (Å²) < 4.78 is 5.96. The molecular formula is C38H32ClN5O5. The normalized spacial score (nSPS) is 14.0. The van der Waals surface area contributed by atoms with Gasteiger partial charge in [-0.2, -0.15) is 5.26 Å². The molecule has 0 fully saturated rings. The van der Waals surface area contributed by atoms with Gasteiger partial charge in [0.1, 0.15) is 17.0 Å². The zero-order chi connectivity index (χ0) is 34.4. The maximum atomic E-state index is 13.9. The number of carbonyl (C=O) groups is 3. The van der Waals surface area contributed by atoms with Crippen molar-refractivity contribution in [2.24, 2.45) is 5.92 Å². The zero-order valence-corrected chi connectivity index (χ0v) is 27.5. The number of nitrogens with zero attached hydrogens (tertiary/aromatic N) is 2. The van der Waals surface area contributed by atoms with Crippen LogP contribution in [0.4, 0.5) is 17.1 Å². The molecule has 0 saturated heterocycles. The Morgan fingerprint density at radius 2 is 1.88 bits per heavy atom. The Balaban J connectivity index is 1.12. The number of amides is 3. The van der Waals surface area contributed by atoms with E-state index in [2.05, 4.69) is 35.5 Å². The largest absolute Gasteiger partial charge is 0.507 e. The Hall–Kier alpha value is -5.79. The summed E-state index contributed by atoms with van der Waals surface area (Å²) in [5.74, 6) is -0.346. The number of aromatic amines is 1. The van der Waals surface area contributed by atoms with Crippen molar-refractivity contribution >= 4 is 79.0 Å². The lowest BCUT2D eigenvalue weighted by molar-refractivity contribution is -0.116. The van der Waals surface area contributed by atoms with Gasteiger partial charge in [0, 0.05) is 52.7 Å². The van der Waals surface area contributed by atoms with Crippen molar-refractivity contribution in [3.8, 4) is 11.8 Å². The fourth-order valence-electron chi connectivity index (χ4n) is 6.44. The summed E-state index contributed by atoms with van der Waals surface area (Å²) in [7, 11) is 0. The number of H-pyrrole nitrogens is 1. The first kappa shape index (κ1) is 31.8. The van der Waals surface area contributed by atoms with Crippen molar-refractivity contribution in [2.45, 2.75) is 32.6 Å². The number of nitrogens with one attached hydrogen (secondary N) is 3. The second kappa shape index (κ2) is 12.7. The Morgan fingerprint density at radius 3 is 2.65 bits per heavy atom. The Kier molecular flexibility index (Phi) is 8.22. The number of nitriles is 1. The fraction of sp³-hybridized carbons (Fsp3) is 0.211. The molecule has 3 heterocycles. The second-order valence-corrected chi connectivity index (χ2v) is 13.0. The number of para-hydroxylation sites is 1. The van der Waals surface area contributed by atoms with Gasteiger partial charge in [-0.25, -0.2) is 0 Å². The van der Waals surface area contributed by atoms with Crippen LogP contribution in [0.25, 0.3) is 32.6 Å². The number of furan rings is 1. The van der Waals surface area contributed by atoms with E-state index in [1.165, 1.54) is 4.90 Å². The molecule has 0 radical (unpaired) electrons. The molecule has 0 bridgehead atoms. The Labute approximate surface area is 286 Å². The van der Waals surface area contributed by atoms with Gasteiger partial charge in [-0.05, 0) is 77.9 Å². The molecule has 1 aliphatic heterocycles. The average Bonchev–Trinajstić information content (AvgIpc) is 3.82. The first-order valence-corrected chi connectivity index (χ1v) is 16.5. The molecule has 7 rings (SSSR count). The molecule has 4 aromatic carbocycles. The number of hydrogen-bond donors (Lipinski definition) is 4. The zero-order valence-electron chi connectivity index (χ0n) is 26.8. The summed E-state index contributed by atoms with van der Waals surface area (Å²) in [6.07, 6.45) is 1.19. The summed E-state index contributed by atoms with van der Waals surface area (Å²) >= 11 is 6.36. The standard InChI is InChI=1S/C38H32ClN5O5/c1-20(2)6-11-34(46)42-28-5-3-4-22-14-29(43-36(22)28)37(47)41-25-8-10-32-23(13-25)15-33(49-32)38(48)44-19-24(17-39)35-27-12-21(18-40)7-9-26(27)31(45)16-30(35)44/h3-5,7-10,12-16,20,24,43,45H,6,11,17,19H2,1-2H3,(H,41,47)(H,42,46)/t24-/m1/s1. The SMILES string of the molecule is CC(C)CCC(=O)Nc1cccc2cc(C(=O)Nc3ccc4oc(C(=O)N5C[C@@H](CCl)c6c5cc(O)c5ccc(C#N)cc65)cc4c3)[nH]c12. The van der Waals surface area contributed by atoms with Gasteiger partial charge in [-0.1, -0.05) is 26.0 Å². The van der Waals surface area contributed by atoms with Crippen molar-refractivity contribution in [1.82, 2.24) is 4.98 Å². The van der Waals surface area contributed by atoms with E-state index in [-0.39, 0.29) is 41.7 Å². The van der Waals surface area contributed by atoms with Crippen LogP contribution in [-0.2, 0) is 4.79 Å². The molecule has 1 aliphatic rings. The number of phenols is 1. The van der Waals surface area contributed by atoms with Crippen molar-refractivity contribution < 1.29 is 23.9 Å². The Bertz CT molecular complexity index is 2350. The van der Waals surface area contributed by atoms with Gasteiger partial charge in [0.2, 0.25) is 5.91 Å². The molecule has 3 amide bonds. The van der Waals surface area contributed by atoms with Crippen LogP contribution in [0, 0.1) is 17.2 Å². The number of benzene rings is 4. The summed E-state index contributed by atoms with van der Waals surface area (Å²) in [6.45, 7) is 4.42. The van der Waals surface area contributed by atoms with E-state index >= 15 is 0 Å². The molecule has 0 aliphatic carbocycles. The molecule has 246 valence electrons. The third kappa shape index (κ3) is 5.94. The van der Waals surface area contributed by atoms with E-state index in [0.29, 0.717) is 67.9 Å². The predicted octanol–water partition coefficient (Wildman–Crippen LogP) is 8.25. The van der Waals surface area contributed by atoms with Crippen molar-refractivity contribution in [1.29, 1.82) is 5.26 Å². The van der Waals surface area contributed by atoms with Crippen LogP contribution in [0.2, 0.25) is 0 Å². The quantitative estimate of drug-likeness (QED) is 0.119. The van der Waals surface area contributed by atoms with Crippen LogP contribution in [0.3, 0.4) is 0 Å². The van der Waals surface area contributed by atoms with Crippen LogP contribution < -0.4 is 15.5 Å². The third-order valence-corrected chi connectivity index (χ3v) is 9.28. The van der Waals surface area contributed by atoms with E-state index in [1.54, 1.807) is 60.7 Å². The summed E-state index contributed by atoms with van der Waals surface area (Å²) in [6, 6.07) is 22.7. The molecule has 0 saturated carbocycles. The number of aromatic nitrogens is 1. The van der Waals surface area contributed by atoms with Gasteiger partial charge in [0.05, 0.1) is 28.5 Å². The number of aromatic hydroxyl groups is 1. The van der Waals surface area contributed by atoms with Crippen LogP contribution in [0.1, 0.15) is 64.8 Å². The highest BCUT2D eigenvalue weighted by Crippen LogP contribution is 2.46. The highest BCUT2D eigenvalue weighted by molar-refractivity contribution is 6.19. The minimum atomic E-state index is -0.406. The van der Waals surface area contributed by atoms with Crippen molar-refractivity contribution in [2.75, 3.05) is 28.0 Å². The molecule has 4 N–H and O–H groups in total. The first-order valence-electron chi connectivity index (χ1n) is 16.0. The van der Waals surface area contributed by atoms with Gasteiger partial charge in [0.15, 0.2) is 5.76 Å². The molecular weight excluding hydrogens is 642 g/mol. The molecule has 2 aromatic heterocycles. The lowest BCUT2D eigenvalue weighted by Gasteiger charge is -2.17. The van der Waals surface area contributed by atoms with Crippen molar-refractivity contribution in [3.63, 3.8) is 0 Å². The van der Waals surface area contributed by atoms with Gasteiger partial charge in [0.25, 0.3) is 11.8 Å². The molecule has 6 aromatic rings. The number of anilines is 3. The summed E-state index contributed by atoms with van der Waals surface area (Å²) in [5.41, 5.74) is 4.29. The minimum absolute atomic E-state index is 0.00571. The van der Waals surface area contributed by atoms with Gasteiger partial charge >= 0.3 is 0 Å². The number of halogens is 1. The molecule has 1 atom stereocenters. The first-order chi connectivity index (χ1) is 23.6. The smallest absolute Gasteiger partial charge is 0.294 e. The van der Waals surface area contributed by atoms with Crippen molar-refractivity contribution in [3.05, 3.63) is 95.4 Å². The number of rotatable bonds is 8. The summed E-state index contributed by atoms with van der Waals surface area (Å²) in [5, 5.41) is 28.8. The number of hydrogen-bond acceptors (Lipinski definition) is 6. The van der Waals surface area contributed by atoms with E-state index in [0.717, 1.165) is 17.4 Å². The van der Waals surface area contributed by atoms with Crippen LogP contribution in [-0.4, -0.2) is 40.2 Å². The molecule has 10 nitrogen and oxygen atoms in total. The van der Waals surface area contributed by atoms with Crippen LogP contribution >= 0.6 is 11.6 Å². The number of fused-ring (bicyclic) bond motifs is 5. The highest BCUT2D eigenvalue weighted by atomic mass is 35.5. The van der Waals surface area contributed by atoms with E-state index in [4.69, 9.17) is 16.0 Å². The van der Waals surface area contributed by atoms with Gasteiger partial charge in [-0.15, -0.1) is 11.6 Å². The third-order valence-electron chi connectivity index (χ3n) is 8.91. The van der Waals surface area contributed by atoms with Crippen LogP contribution in [0.15, 0.2) is 77.2 Å². The highest BCUT2D eigenvalue weighted by Gasteiger charge is 2.36. The van der Waals surface area contributed by atoms with E-state index in [1.807, 2.05) is 12.1 Å². The predicted molar refractivity (Wildman–Crippen MR) is 191 cm³/mol. The fourth-order valence-corrected chi connectivity index (χ4v) is 6.69. The number of carbonyl (C=O) groups excluding carboxylic acids is 3. The lowest BCUT2D eigenvalue weighted by Crippen LogP contribution is -2.29. The molecule has 11 heteroatoms. The minimum Gasteiger partial charge on any atom is -0.507 e. The van der Waals surface area contributed by atoms with Crippen LogP contribution in [0.5, 0.6) is 5.75 Å². The average molecular weight is 674 g/mol. The molecule has 49 heavy (non-hydrogen) atoms. The number of phenolic OH excluding ortho intramolecular Hbond substituents is 1. The lowest BCUT2D eigenvalue weighted by atomic mass is 9.94. The summed E-state index contributed by atoms with van der Waals surface area (Å²) in [4.78, 5) is 44.3. The maximum Gasteiger partial charge on any atom is 0.294 e. The number of alkyl halides is 1. The maximum absolute atomic E-state index is 13.9.